The summed E-state index contributed by atoms with van der Waals surface area (Å²) in [6.45, 7) is 38.0. The second-order valence-corrected chi connectivity index (χ2v) is 31.2. The number of hydrogen-bond acceptors (Lipinski definition) is 15. The maximum Gasteiger partial charge on any atom is 0.143 e. The van der Waals surface area contributed by atoms with Crippen LogP contribution >= 0.6 is 16.4 Å². The van der Waals surface area contributed by atoms with Gasteiger partial charge in [-0.15, -0.1) is 0 Å². The van der Waals surface area contributed by atoms with Crippen molar-refractivity contribution >= 4 is 16.4 Å². The summed E-state index contributed by atoms with van der Waals surface area (Å²) in [5.41, 5.74) is 4.49. The van der Waals surface area contributed by atoms with E-state index in [4.69, 9.17) is 47.4 Å². The van der Waals surface area contributed by atoms with Gasteiger partial charge in [0.25, 0.3) is 0 Å². The molecule has 1 unspecified atom stereocenters. The molecular weight excluding hydrogens is 1250 g/mol. The fourth-order valence-electron chi connectivity index (χ4n) is 13.7. The van der Waals surface area contributed by atoms with Crippen LogP contribution in [0.25, 0.3) is 0 Å². The second kappa shape index (κ2) is 41.0. The minimum Gasteiger partial charge on any atom is -0.497 e. The maximum absolute atomic E-state index is 7.25. The molecule has 2 aliphatic heterocycles. The quantitative estimate of drug-likeness (QED) is 0.0234. The lowest BCUT2D eigenvalue weighted by molar-refractivity contribution is -0.113. The number of ether oxygens (including phenoxy) is 10. The molecule has 2 heterocycles. The molecule has 1 N–H and O–H groups in total. The van der Waals surface area contributed by atoms with Crippen molar-refractivity contribution in [2.24, 2.45) is 0 Å². The van der Waals surface area contributed by atoms with Gasteiger partial charge in [-0.05, 0) is 204 Å². The normalized spacial score (nSPS) is 17.5. The molecule has 2 fully saturated rings. The fraction of sp³-hybridized carbons (Fsp3) is 0.550. The van der Waals surface area contributed by atoms with E-state index in [9.17, 15) is 0 Å². The number of methoxy groups -OCH3 is 6. The molecule has 0 radical (unpaired) electrons. The highest BCUT2D eigenvalue weighted by atomic mass is 31.1. The first-order chi connectivity index (χ1) is 46.6. The van der Waals surface area contributed by atoms with Crippen molar-refractivity contribution < 1.29 is 47.4 Å². The molecule has 17 heteroatoms. The molecule has 6 aromatic rings. The Bertz CT molecular complexity index is 2940. The van der Waals surface area contributed by atoms with E-state index in [1.165, 1.54) is 6.16 Å². The third-order valence-electron chi connectivity index (χ3n) is 17.6. The van der Waals surface area contributed by atoms with Crippen molar-refractivity contribution in [3.8, 4) is 23.0 Å². The molecule has 0 aromatic heterocycles. The van der Waals surface area contributed by atoms with Crippen molar-refractivity contribution in [3.05, 3.63) is 191 Å². The summed E-state index contributed by atoms with van der Waals surface area (Å²) >= 11 is 0. The van der Waals surface area contributed by atoms with E-state index in [0.717, 1.165) is 115 Å². The Morgan fingerprint density at radius 1 is 0.412 bits per heavy atom. The number of hydrogen-bond donors (Lipinski definition) is 1. The highest BCUT2D eigenvalue weighted by molar-refractivity contribution is 7.53. The molecule has 97 heavy (non-hydrogen) atoms. The van der Waals surface area contributed by atoms with E-state index in [1.807, 2.05) is 72.8 Å². The van der Waals surface area contributed by atoms with Crippen LogP contribution in [0.4, 0.5) is 0 Å². The SMILES string of the molecule is COCCCP(N(C(C)C)C(C)C)N(C(C)C)C(C)C.COCCCP(N1C[C@@H](COC(c2ccccc2)(c2ccc(OC)cc2)c2ccc(OC)cc2)O[C@@H](C)C1)N(C(C)C)C(C)C.COc1ccc(C(OC[C@@H]2CNC[C@H](C)O2)(c2ccccc2)c2ccc(OC)cc2)cc1. The van der Waals surface area contributed by atoms with Crippen LogP contribution in [-0.4, -0.2) is 187 Å². The van der Waals surface area contributed by atoms with Gasteiger partial charge in [0.2, 0.25) is 0 Å². The lowest BCUT2D eigenvalue weighted by Crippen LogP contribution is -2.50. The molecule has 8 rings (SSSR count). The predicted octanol–water partition coefficient (Wildman–Crippen LogP) is 16.5. The average Bonchev–Trinajstić information content (AvgIpc) is 0.798. The maximum atomic E-state index is 7.25. The fourth-order valence-corrected chi connectivity index (χ4v) is 20.0. The summed E-state index contributed by atoms with van der Waals surface area (Å²) in [5.74, 6) is 3.22. The van der Waals surface area contributed by atoms with Crippen LogP contribution in [0.15, 0.2) is 158 Å². The summed E-state index contributed by atoms with van der Waals surface area (Å²) in [6, 6.07) is 56.6. The Balaban J connectivity index is 0.000000249. The van der Waals surface area contributed by atoms with Crippen molar-refractivity contribution in [1.82, 2.24) is 24.0 Å². The van der Waals surface area contributed by atoms with Crippen molar-refractivity contribution in [2.45, 2.75) is 182 Å². The Morgan fingerprint density at radius 3 is 1.07 bits per heavy atom. The van der Waals surface area contributed by atoms with Crippen molar-refractivity contribution in [3.63, 3.8) is 0 Å². The van der Waals surface area contributed by atoms with E-state index >= 15 is 0 Å². The zero-order valence-corrected chi connectivity index (χ0v) is 64.3. The molecule has 15 nitrogen and oxygen atoms in total. The van der Waals surface area contributed by atoms with Crippen LogP contribution in [0.2, 0.25) is 0 Å². The molecule has 2 saturated heterocycles. The summed E-state index contributed by atoms with van der Waals surface area (Å²) in [5, 5.41) is 3.43. The third kappa shape index (κ3) is 22.5. The van der Waals surface area contributed by atoms with Crippen molar-refractivity contribution in [1.29, 1.82) is 0 Å². The van der Waals surface area contributed by atoms with Crippen molar-refractivity contribution in [2.75, 3.05) is 108 Å². The van der Waals surface area contributed by atoms with Gasteiger partial charge in [-0.3, -0.25) is 18.7 Å². The average molecular weight is 1370 g/mol. The number of rotatable bonds is 34. The molecule has 0 spiro atoms. The van der Waals surface area contributed by atoms with E-state index in [-0.39, 0.29) is 32.6 Å². The van der Waals surface area contributed by atoms with Gasteiger partial charge in [0.15, 0.2) is 0 Å². The summed E-state index contributed by atoms with van der Waals surface area (Å²) in [4.78, 5) is 0. The van der Waals surface area contributed by atoms with Gasteiger partial charge in [-0.25, -0.2) is 0 Å². The first-order valence-corrected chi connectivity index (χ1v) is 38.1. The zero-order valence-electron chi connectivity index (χ0n) is 62.5. The molecule has 2 aliphatic rings. The predicted molar refractivity (Wildman–Crippen MR) is 403 cm³/mol. The number of nitrogens with one attached hydrogen (secondary N) is 1. The zero-order chi connectivity index (χ0) is 70.7. The van der Waals surface area contributed by atoms with Gasteiger partial charge in [0.1, 0.15) is 34.2 Å². The number of nitrogens with zero attached hydrogens (tertiary/aromatic N) is 4. The van der Waals surface area contributed by atoms with Gasteiger partial charge in [-0.2, -0.15) is 0 Å². The summed E-state index contributed by atoms with van der Waals surface area (Å²) in [7, 11) is 9.51. The molecule has 0 bridgehead atoms. The second-order valence-electron chi connectivity index (χ2n) is 26.9. The van der Waals surface area contributed by atoms with Gasteiger partial charge >= 0.3 is 0 Å². The molecule has 0 aliphatic carbocycles. The minimum atomic E-state index is -0.875. The van der Waals surface area contributed by atoms with Crippen LogP contribution in [0.5, 0.6) is 23.0 Å². The first kappa shape index (κ1) is 80.9. The van der Waals surface area contributed by atoms with Gasteiger partial charge in [0.05, 0.1) is 66.1 Å². The number of benzene rings is 6. The molecule has 0 saturated carbocycles. The molecular formula is C80H121N5O10P2. The van der Waals surface area contributed by atoms with Crippen LogP contribution in [-0.2, 0) is 39.6 Å². The lowest BCUT2D eigenvalue weighted by atomic mass is 9.80. The molecule has 6 aromatic carbocycles. The van der Waals surface area contributed by atoms with Gasteiger partial charge in [-0.1, -0.05) is 109 Å². The van der Waals surface area contributed by atoms with E-state index < -0.39 is 19.4 Å². The molecule has 0 amide bonds. The van der Waals surface area contributed by atoms with E-state index in [2.05, 4.69) is 206 Å². The van der Waals surface area contributed by atoms with E-state index in [0.29, 0.717) is 49.5 Å². The summed E-state index contributed by atoms with van der Waals surface area (Å²) in [6.07, 6.45) is 4.65. The Labute approximate surface area is 588 Å². The minimum absolute atomic E-state index is 0.0293. The van der Waals surface area contributed by atoms with Gasteiger partial charge < -0.3 is 52.7 Å². The highest BCUT2D eigenvalue weighted by Gasteiger charge is 2.43. The van der Waals surface area contributed by atoms with Crippen LogP contribution in [0.1, 0.15) is 143 Å². The van der Waals surface area contributed by atoms with E-state index in [1.54, 1.807) is 42.7 Å². The lowest BCUT2D eigenvalue weighted by Gasteiger charge is -2.48. The topological polar surface area (TPSA) is 117 Å². The molecule has 5 atom stereocenters. The first-order valence-electron chi connectivity index (χ1n) is 35.2. The van der Waals surface area contributed by atoms with Crippen LogP contribution in [0, 0.1) is 0 Å². The Hall–Kier alpha value is -5.06. The Kier molecular flexibility index (Phi) is 34.2. The number of morpholine rings is 2. The van der Waals surface area contributed by atoms with Crippen LogP contribution in [0.3, 0.4) is 0 Å². The third-order valence-corrected chi connectivity index (χ3v) is 24.4. The monoisotopic (exact) mass is 1370 g/mol. The standard InChI is InChI=1S/C37H53N2O5P.C27H31NO4.C16H37N2OP/c1-28(2)39(29(3)4)45(24-12-23-40-6)38-25-30(5)44-36(26-38)27-43-37(31-13-10-9-11-14-31,32-15-19-34(41-7)20-16-32)33-17-21-35(42-8)22-18-33;1-20-17-28-18-26(32-20)19-31-27(21-7-5-4-6-8-21,22-9-13-24(29-2)14-10-22)23-11-15-25(30-3)16-12-23;1-13(2)17(14(3)4)20(12-10-11-19-9)18(15(5)6)16(7)8/h9-11,13-22,28-30,36H,12,23-27H2,1-8H3;4-16,20,26,28H,17-19H2,1-3H3;13-16H,10-12H2,1-9H3/t30-,36-,45?;20-,26-;/m00./s1. The van der Waals surface area contributed by atoms with Crippen LogP contribution < -0.4 is 24.3 Å². The molecule has 536 valence electrons. The highest BCUT2D eigenvalue weighted by Crippen LogP contribution is 2.52. The Morgan fingerprint density at radius 2 is 0.742 bits per heavy atom. The largest absolute Gasteiger partial charge is 0.497 e. The summed E-state index contributed by atoms with van der Waals surface area (Å²) < 4.78 is 70.3. The smallest absolute Gasteiger partial charge is 0.143 e. The van der Waals surface area contributed by atoms with Gasteiger partial charge in [0, 0.05) is 106 Å².